The number of aromatic amines is 1. The fraction of sp³-hybridized carbons (Fsp3) is 0.583. The lowest BCUT2D eigenvalue weighted by atomic mass is 9.56. The summed E-state index contributed by atoms with van der Waals surface area (Å²) >= 11 is 0. The first-order valence-corrected chi connectivity index (χ1v) is 11.1. The molecule has 0 radical (unpaired) electrons. The summed E-state index contributed by atoms with van der Waals surface area (Å²) in [4.78, 5) is 31.1. The first kappa shape index (κ1) is 20.5. The number of carbonyl (C=O) groups excluding carboxylic acids is 2. The van der Waals surface area contributed by atoms with Crippen LogP contribution in [0.3, 0.4) is 0 Å². The zero-order valence-corrected chi connectivity index (χ0v) is 18.4. The van der Waals surface area contributed by atoms with Gasteiger partial charge in [-0.15, -0.1) is 0 Å². The summed E-state index contributed by atoms with van der Waals surface area (Å²) in [7, 11) is 3.24. The van der Waals surface area contributed by atoms with Crippen LogP contribution in [0.5, 0.6) is 5.75 Å². The molecule has 7 heteroatoms. The summed E-state index contributed by atoms with van der Waals surface area (Å²) in [6, 6.07) is 5.75. The molecule has 2 aromatic rings. The number of rotatable bonds is 5. The van der Waals surface area contributed by atoms with Gasteiger partial charge in [-0.3, -0.25) is 14.5 Å². The first-order valence-electron chi connectivity index (χ1n) is 11.1. The third kappa shape index (κ3) is 3.09. The second kappa shape index (κ2) is 7.64. The van der Waals surface area contributed by atoms with Gasteiger partial charge in [0.15, 0.2) is 0 Å². The largest absolute Gasteiger partial charge is 0.468 e. The van der Waals surface area contributed by atoms with Crippen molar-refractivity contribution in [2.75, 3.05) is 33.9 Å². The van der Waals surface area contributed by atoms with Crippen LogP contribution in [-0.2, 0) is 30.9 Å². The van der Waals surface area contributed by atoms with Gasteiger partial charge in [0.05, 0.1) is 7.11 Å². The molecular weight excluding hydrogens is 396 g/mol. The number of aromatic nitrogens is 1. The minimum atomic E-state index is -0.708. The van der Waals surface area contributed by atoms with Gasteiger partial charge in [0.2, 0.25) is 0 Å². The molecule has 5 unspecified atom stereocenters. The van der Waals surface area contributed by atoms with E-state index in [1.807, 2.05) is 12.1 Å². The van der Waals surface area contributed by atoms with Crippen molar-refractivity contribution in [2.45, 2.75) is 44.1 Å². The number of esters is 2. The van der Waals surface area contributed by atoms with Gasteiger partial charge in [0.25, 0.3) is 0 Å². The Labute approximate surface area is 182 Å². The highest BCUT2D eigenvalue weighted by atomic mass is 16.5. The molecule has 3 aliphatic heterocycles. The SMILES string of the molecule is COCCC1CC2CN3CCc4c([nH]c5ccc(OC(C)=O)cc45)C(C(=O)OC)(C2)C13. The number of methoxy groups -OCH3 is 2. The maximum Gasteiger partial charge on any atom is 0.319 e. The Morgan fingerprint density at radius 1 is 1.29 bits per heavy atom. The van der Waals surface area contributed by atoms with Crippen molar-refractivity contribution in [2.24, 2.45) is 11.8 Å². The lowest BCUT2D eigenvalue weighted by molar-refractivity contribution is -0.162. The highest BCUT2D eigenvalue weighted by molar-refractivity contribution is 5.92. The molecule has 166 valence electrons. The molecule has 1 aliphatic carbocycles. The van der Waals surface area contributed by atoms with Gasteiger partial charge in [0.1, 0.15) is 11.2 Å². The van der Waals surface area contributed by atoms with E-state index in [4.69, 9.17) is 14.2 Å². The molecule has 0 spiro atoms. The van der Waals surface area contributed by atoms with Crippen molar-refractivity contribution in [1.82, 2.24) is 9.88 Å². The Bertz CT molecular complexity index is 1030. The van der Waals surface area contributed by atoms with Gasteiger partial charge in [-0.05, 0) is 61.3 Å². The zero-order chi connectivity index (χ0) is 21.8. The van der Waals surface area contributed by atoms with Crippen LogP contribution in [0, 0.1) is 11.8 Å². The molecule has 7 nitrogen and oxygen atoms in total. The molecule has 31 heavy (non-hydrogen) atoms. The fourth-order valence-corrected chi connectivity index (χ4v) is 6.68. The molecule has 1 aromatic carbocycles. The van der Waals surface area contributed by atoms with Crippen molar-refractivity contribution in [3.8, 4) is 5.75 Å². The number of fused-ring (bicyclic) bond motifs is 4. The minimum Gasteiger partial charge on any atom is -0.468 e. The molecule has 0 amide bonds. The van der Waals surface area contributed by atoms with Crippen molar-refractivity contribution in [3.05, 3.63) is 29.5 Å². The van der Waals surface area contributed by atoms with Gasteiger partial charge in [0, 0.05) is 56.4 Å². The number of nitrogens with one attached hydrogen (secondary N) is 1. The van der Waals surface area contributed by atoms with Crippen molar-refractivity contribution in [3.63, 3.8) is 0 Å². The summed E-state index contributed by atoms with van der Waals surface area (Å²) in [5.41, 5.74) is 2.40. The fourth-order valence-electron chi connectivity index (χ4n) is 6.68. The Hall–Kier alpha value is -2.38. The van der Waals surface area contributed by atoms with Crippen molar-refractivity contribution >= 4 is 22.8 Å². The molecule has 6 rings (SSSR count). The molecule has 4 bridgehead atoms. The van der Waals surface area contributed by atoms with E-state index in [0.717, 1.165) is 60.9 Å². The van der Waals surface area contributed by atoms with Crippen LogP contribution in [0.15, 0.2) is 18.2 Å². The average molecular weight is 427 g/mol. The van der Waals surface area contributed by atoms with Crippen LogP contribution in [0.1, 0.15) is 37.4 Å². The molecular formula is C24H30N2O5. The van der Waals surface area contributed by atoms with Crippen molar-refractivity contribution in [1.29, 1.82) is 0 Å². The maximum absolute atomic E-state index is 13.5. The topological polar surface area (TPSA) is 80.9 Å². The highest BCUT2D eigenvalue weighted by Crippen LogP contribution is 2.55. The number of H-pyrrole nitrogens is 1. The van der Waals surface area contributed by atoms with E-state index < -0.39 is 5.41 Å². The van der Waals surface area contributed by atoms with Crippen LogP contribution < -0.4 is 4.74 Å². The van der Waals surface area contributed by atoms with E-state index >= 15 is 0 Å². The Morgan fingerprint density at radius 2 is 2.13 bits per heavy atom. The summed E-state index contributed by atoms with van der Waals surface area (Å²) < 4.78 is 16.2. The monoisotopic (exact) mass is 426 g/mol. The third-order valence-electron chi connectivity index (χ3n) is 7.56. The first-order chi connectivity index (χ1) is 15.0. The number of benzene rings is 1. The minimum absolute atomic E-state index is 0.0994. The summed E-state index contributed by atoms with van der Waals surface area (Å²) in [6.45, 7) is 4.04. The number of piperidine rings is 2. The third-order valence-corrected chi connectivity index (χ3v) is 7.56. The van der Waals surface area contributed by atoms with E-state index in [1.165, 1.54) is 14.0 Å². The average Bonchev–Trinajstić information content (AvgIpc) is 3.08. The summed E-state index contributed by atoms with van der Waals surface area (Å²) in [5.74, 6) is 0.887. The van der Waals surface area contributed by atoms with E-state index in [1.54, 1.807) is 13.2 Å². The number of hydrogen-bond acceptors (Lipinski definition) is 6. The van der Waals surface area contributed by atoms with Crippen LogP contribution in [0.4, 0.5) is 0 Å². The van der Waals surface area contributed by atoms with Gasteiger partial charge < -0.3 is 19.2 Å². The van der Waals surface area contributed by atoms with Gasteiger partial charge >= 0.3 is 11.9 Å². The van der Waals surface area contributed by atoms with Gasteiger partial charge in [-0.25, -0.2) is 0 Å². The van der Waals surface area contributed by atoms with Crippen molar-refractivity contribution < 1.29 is 23.8 Å². The smallest absolute Gasteiger partial charge is 0.319 e. The zero-order valence-electron chi connectivity index (χ0n) is 18.4. The molecule has 3 fully saturated rings. The Morgan fingerprint density at radius 3 is 2.87 bits per heavy atom. The standard InChI is InChI=1S/C24H30N2O5/c1-14(27)31-17-4-5-20-19(11-17)18-6-8-26-13-15-10-16(7-9-29-2)22(26)24(12-15,21(18)25-20)23(28)30-3/h4-5,11,15-16,22,25H,6-10,12-13H2,1-3H3. The number of ether oxygens (including phenoxy) is 3. The Kier molecular flexibility index (Phi) is 5.06. The van der Waals surface area contributed by atoms with Gasteiger partial charge in [-0.1, -0.05) is 0 Å². The quantitative estimate of drug-likeness (QED) is 0.585. The molecule has 4 heterocycles. The van der Waals surface area contributed by atoms with E-state index in [2.05, 4.69) is 9.88 Å². The molecule has 4 aliphatic rings. The lowest BCUT2D eigenvalue weighted by Crippen LogP contribution is -2.67. The molecule has 1 saturated carbocycles. The van der Waals surface area contributed by atoms with E-state index in [0.29, 0.717) is 24.2 Å². The Balaban J connectivity index is 1.69. The highest BCUT2D eigenvalue weighted by Gasteiger charge is 2.62. The van der Waals surface area contributed by atoms with Gasteiger partial charge in [-0.2, -0.15) is 0 Å². The lowest BCUT2D eigenvalue weighted by Gasteiger charge is -2.58. The maximum atomic E-state index is 13.5. The number of hydrogen-bond donors (Lipinski definition) is 1. The second-order valence-corrected chi connectivity index (χ2v) is 9.28. The molecule has 2 saturated heterocycles. The molecule has 5 atom stereocenters. The predicted molar refractivity (Wildman–Crippen MR) is 115 cm³/mol. The van der Waals surface area contributed by atoms with Crippen LogP contribution in [0.25, 0.3) is 10.9 Å². The molecule has 1 N–H and O–H groups in total. The summed E-state index contributed by atoms with van der Waals surface area (Å²) in [6.07, 6.45) is 3.73. The number of nitrogens with zero attached hydrogens (tertiary/aromatic N) is 1. The van der Waals surface area contributed by atoms with Crippen LogP contribution in [-0.4, -0.2) is 61.8 Å². The molecule has 1 aromatic heterocycles. The number of carbonyl (C=O) groups is 2. The predicted octanol–water partition coefficient (Wildman–Crippen LogP) is 2.81. The second-order valence-electron chi connectivity index (χ2n) is 9.28. The van der Waals surface area contributed by atoms with Crippen LogP contribution in [0.2, 0.25) is 0 Å². The van der Waals surface area contributed by atoms with Crippen LogP contribution >= 0.6 is 0 Å². The van der Waals surface area contributed by atoms with E-state index in [9.17, 15) is 9.59 Å². The van der Waals surface area contributed by atoms with E-state index in [-0.39, 0.29) is 18.0 Å². The normalized spacial score (nSPS) is 31.2. The summed E-state index contributed by atoms with van der Waals surface area (Å²) in [5, 5.41) is 1.02.